The van der Waals surface area contributed by atoms with Crippen molar-refractivity contribution in [3.8, 4) is 53.0 Å². The van der Waals surface area contributed by atoms with E-state index in [9.17, 15) is 10.1 Å². The van der Waals surface area contributed by atoms with E-state index in [-0.39, 0.29) is 6.42 Å². The van der Waals surface area contributed by atoms with Crippen LogP contribution in [0.15, 0.2) is 78.9 Å². The fourth-order valence-electron chi connectivity index (χ4n) is 4.91. The van der Waals surface area contributed by atoms with Gasteiger partial charge in [-0.1, -0.05) is 42.5 Å². The number of ether oxygens (including phenoxy) is 4. The maximum atomic E-state index is 10.8. The van der Waals surface area contributed by atoms with Gasteiger partial charge in [-0.25, -0.2) is 0 Å². The molecule has 8 nitrogen and oxygen atoms in total. The molecular formula is C37H36N2O6. The minimum atomic E-state index is -0.806. The van der Waals surface area contributed by atoms with Gasteiger partial charge in [-0.05, 0) is 78.0 Å². The molecule has 0 aliphatic carbocycles. The van der Waals surface area contributed by atoms with Gasteiger partial charge in [-0.3, -0.25) is 4.79 Å². The molecule has 5 rings (SSSR count). The summed E-state index contributed by atoms with van der Waals surface area (Å²) in [5, 5.41) is 21.4. The highest BCUT2D eigenvalue weighted by molar-refractivity contribution is 5.71. The molecule has 4 aromatic rings. The summed E-state index contributed by atoms with van der Waals surface area (Å²) in [6.07, 6.45) is 8.66. The third-order valence-corrected chi connectivity index (χ3v) is 7.24. The number of carboxylic acids is 1. The molecule has 1 aliphatic rings. The smallest absolute Gasteiger partial charge is 0.303 e. The fourth-order valence-corrected chi connectivity index (χ4v) is 4.91. The molecule has 0 bridgehead atoms. The van der Waals surface area contributed by atoms with E-state index in [1.165, 1.54) is 0 Å². The molecule has 0 aromatic heterocycles. The minimum Gasteiger partial charge on any atom is -0.489 e. The molecule has 230 valence electrons. The molecule has 1 heterocycles. The van der Waals surface area contributed by atoms with E-state index in [0.29, 0.717) is 63.0 Å². The fraction of sp³-hybridized carbons (Fsp3) is 0.243. The van der Waals surface area contributed by atoms with Crippen LogP contribution in [0, 0.1) is 31.1 Å². The Bertz CT molecular complexity index is 1670. The van der Waals surface area contributed by atoms with E-state index in [1.54, 1.807) is 6.07 Å². The quantitative estimate of drug-likeness (QED) is 0.129. The van der Waals surface area contributed by atoms with Gasteiger partial charge in [0.2, 0.25) is 0 Å². The van der Waals surface area contributed by atoms with E-state index in [0.717, 1.165) is 44.9 Å². The highest BCUT2D eigenvalue weighted by atomic mass is 16.6. The SMILES string of the molecule is C#C.Cc1c(COc2ccc(CNCCCC(=O)O)c(OCc3cccc(C#N)c3)c2)cccc1-c1ccc2c(c1)OCCO2. The molecule has 0 saturated heterocycles. The topological polar surface area (TPSA) is 110 Å². The van der Waals surface area contributed by atoms with Crippen LogP contribution in [0.4, 0.5) is 0 Å². The Morgan fingerprint density at radius 3 is 2.53 bits per heavy atom. The van der Waals surface area contributed by atoms with Gasteiger partial charge in [-0.2, -0.15) is 5.26 Å². The van der Waals surface area contributed by atoms with E-state index in [1.807, 2.05) is 60.7 Å². The first-order valence-electron chi connectivity index (χ1n) is 14.6. The number of carboxylic acid groups (broad SMARTS) is 1. The van der Waals surface area contributed by atoms with Gasteiger partial charge in [0.1, 0.15) is 37.9 Å². The molecule has 1 aliphatic heterocycles. The van der Waals surface area contributed by atoms with Crippen molar-refractivity contribution in [1.82, 2.24) is 5.32 Å². The molecule has 0 atom stereocenters. The summed E-state index contributed by atoms with van der Waals surface area (Å²) < 4.78 is 23.9. The lowest BCUT2D eigenvalue weighted by atomic mass is 9.96. The maximum Gasteiger partial charge on any atom is 0.303 e. The second-order valence-corrected chi connectivity index (χ2v) is 10.3. The number of rotatable bonds is 13. The van der Waals surface area contributed by atoms with Gasteiger partial charge in [0.25, 0.3) is 0 Å². The van der Waals surface area contributed by atoms with E-state index >= 15 is 0 Å². The van der Waals surface area contributed by atoms with Crippen molar-refractivity contribution in [2.75, 3.05) is 19.8 Å². The second-order valence-electron chi connectivity index (χ2n) is 10.3. The summed E-state index contributed by atoms with van der Waals surface area (Å²) in [5.74, 6) is 2.04. The molecule has 8 heteroatoms. The van der Waals surface area contributed by atoms with Crippen LogP contribution in [0.1, 0.15) is 40.7 Å². The molecule has 45 heavy (non-hydrogen) atoms. The molecule has 2 N–H and O–H groups in total. The van der Waals surface area contributed by atoms with Crippen LogP contribution in [0.3, 0.4) is 0 Å². The first kappa shape index (κ1) is 32.5. The predicted octanol–water partition coefficient (Wildman–Crippen LogP) is 6.67. The molecule has 0 saturated carbocycles. The molecule has 4 aromatic carbocycles. The van der Waals surface area contributed by atoms with Crippen molar-refractivity contribution in [1.29, 1.82) is 5.26 Å². The third-order valence-electron chi connectivity index (χ3n) is 7.24. The van der Waals surface area contributed by atoms with Crippen LogP contribution >= 0.6 is 0 Å². The number of aliphatic carboxylic acids is 1. The summed E-state index contributed by atoms with van der Waals surface area (Å²) >= 11 is 0. The molecule has 0 unspecified atom stereocenters. The summed E-state index contributed by atoms with van der Waals surface area (Å²) in [5.41, 5.74) is 6.73. The monoisotopic (exact) mass is 604 g/mol. The van der Waals surface area contributed by atoms with Crippen LogP contribution < -0.4 is 24.3 Å². The van der Waals surface area contributed by atoms with Crippen molar-refractivity contribution in [2.45, 2.75) is 39.5 Å². The van der Waals surface area contributed by atoms with Gasteiger partial charge in [-0.15, -0.1) is 12.8 Å². The van der Waals surface area contributed by atoms with Gasteiger partial charge in [0, 0.05) is 24.6 Å². The van der Waals surface area contributed by atoms with E-state index in [4.69, 9.17) is 24.1 Å². The number of terminal acetylenes is 1. The molecule has 0 amide bonds. The Morgan fingerprint density at radius 1 is 0.933 bits per heavy atom. The van der Waals surface area contributed by atoms with Crippen LogP contribution in [-0.2, 0) is 24.6 Å². The average Bonchev–Trinajstić information content (AvgIpc) is 3.08. The molecule has 0 fully saturated rings. The number of nitrogens with one attached hydrogen (secondary N) is 1. The standard InChI is InChI=1S/C35H34N2O6.C2H2/c1-24-29(7-3-8-31(24)27-11-13-32-34(18-27)41-16-15-40-32)23-42-30-12-10-28(21-37-14-4-9-35(38)39)33(19-30)43-22-26-6-2-5-25(17-26)20-36;1-2/h2-3,5-8,10-13,17-19,37H,4,9,14-16,21-23H2,1H3,(H,38,39);1-2H. The third kappa shape index (κ3) is 9.03. The Kier molecular flexibility index (Phi) is 11.8. The largest absolute Gasteiger partial charge is 0.489 e. The minimum absolute atomic E-state index is 0.119. The molecule has 0 radical (unpaired) electrons. The van der Waals surface area contributed by atoms with Crippen molar-refractivity contribution in [3.05, 3.63) is 107 Å². The number of hydrogen-bond donors (Lipinski definition) is 2. The van der Waals surface area contributed by atoms with Crippen LogP contribution in [-0.4, -0.2) is 30.8 Å². The van der Waals surface area contributed by atoms with Gasteiger partial charge in [0.05, 0.1) is 11.6 Å². The van der Waals surface area contributed by atoms with Gasteiger partial charge >= 0.3 is 5.97 Å². The number of benzene rings is 4. The summed E-state index contributed by atoms with van der Waals surface area (Å²) in [6, 6.07) is 27.4. The lowest BCUT2D eigenvalue weighted by Gasteiger charge is -2.20. The summed E-state index contributed by atoms with van der Waals surface area (Å²) in [6.45, 7) is 4.96. The lowest BCUT2D eigenvalue weighted by molar-refractivity contribution is -0.137. The zero-order valence-corrected chi connectivity index (χ0v) is 25.3. The highest BCUT2D eigenvalue weighted by Crippen LogP contribution is 2.36. The van der Waals surface area contributed by atoms with Crippen molar-refractivity contribution in [2.24, 2.45) is 0 Å². The Labute approximate surface area is 264 Å². The van der Waals surface area contributed by atoms with Crippen LogP contribution in [0.25, 0.3) is 11.1 Å². The number of fused-ring (bicyclic) bond motifs is 1. The Morgan fingerprint density at radius 2 is 1.73 bits per heavy atom. The lowest BCUT2D eigenvalue weighted by Crippen LogP contribution is -2.16. The first-order chi connectivity index (χ1) is 22.0. The zero-order chi connectivity index (χ0) is 32.0. The number of nitriles is 1. The van der Waals surface area contributed by atoms with Crippen molar-refractivity contribution < 1.29 is 28.8 Å². The maximum absolute atomic E-state index is 10.8. The summed E-state index contributed by atoms with van der Waals surface area (Å²) in [7, 11) is 0. The second kappa shape index (κ2) is 16.4. The van der Waals surface area contributed by atoms with Crippen molar-refractivity contribution in [3.63, 3.8) is 0 Å². The van der Waals surface area contributed by atoms with Gasteiger partial charge in [0.15, 0.2) is 11.5 Å². The Balaban J connectivity index is 0.00000226. The normalized spacial score (nSPS) is 11.4. The van der Waals surface area contributed by atoms with Crippen molar-refractivity contribution >= 4 is 5.97 Å². The average molecular weight is 605 g/mol. The highest BCUT2D eigenvalue weighted by Gasteiger charge is 2.15. The van der Waals surface area contributed by atoms with E-state index in [2.05, 4.69) is 43.3 Å². The van der Waals surface area contributed by atoms with Crippen LogP contribution in [0.5, 0.6) is 23.0 Å². The van der Waals surface area contributed by atoms with Gasteiger partial charge < -0.3 is 29.4 Å². The number of hydrogen-bond acceptors (Lipinski definition) is 7. The molecular weight excluding hydrogens is 568 g/mol. The first-order valence-corrected chi connectivity index (χ1v) is 14.6. The predicted molar refractivity (Wildman–Crippen MR) is 172 cm³/mol. The van der Waals surface area contributed by atoms with Crippen LogP contribution in [0.2, 0.25) is 0 Å². The molecule has 0 spiro atoms. The summed E-state index contributed by atoms with van der Waals surface area (Å²) in [4.78, 5) is 10.8. The zero-order valence-electron chi connectivity index (χ0n) is 25.3. The number of carbonyl (C=O) groups is 1. The van der Waals surface area contributed by atoms with E-state index < -0.39 is 5.97 Å². The number of nitrogens with zero attached hydrogens (tertiary/aromatic N) is 1. The Hall–Kier alpha value is -5.44.